The van der Waals surface area contributed by atoms with Gasteiger partial charge in [0, 0.05) is 12.8 Å². The summed E-state index contributed by atoms with van der Waals surface area (Å²) in [7, 11) is 0. The number of carbonyl (C=O) groups excluding carboxylic acids is 1. The molecule has 0 unspecified atom stereocenters. The third-order valence-electron chi connectivity index (χ3n) is 7.26. The molecule has 214 valence electrons. The molecule has 0 spiro atoms. The summed E-state index contributed by atoms with van der Waals surface area (Å²) >= 11 is 0. The lowest BCUT2D eigenvalue weighted by Gasteiger charge is -2.13. The molecule has 3 N–H and O–H groups in total. The molecular weight excluding hydrogens is 500 g/mol. The number of allylic oxidation sites excluding steroid dienone is 2. The SMILES string of the molecule is CCCCC[C@H](C)CCCC=CC(=O)CCc1ccc(O)c(OCCc2ccc(O)cc2-c2ccc(O)cc2)c1. The second kappa shape index (κ2) is 16.4. The van der Waals surface area contributed by atoms with Gasteiger partial charge in [0.15, 0.2) is 17.3 Å². The van der Waals surface area contributed by atoms with E-state index in [0.29, 0.717) is 31.6 Å². The van der Waals surface area contributed by atoms with E-state index < -0.39 is 0 Å². The molecule has 3 aromatic rings. The van der Waals surface area contributed by atoms with Gasteiger partial charge in [-0.3, -0.25) is 4.79 Å². The smallest absolute Gasteiger partial charge is 0.161 e. The Morgan fingerprint density at radius 1 is 0.875 bits per heavy atom. The number of rotatable bonds is 17. The number of benzene rings is 3. The number of hydrogen-bond acceptors (Lipinski definition) is 5. The van der Waals surface area contributed by atoms with Crippen LogP contribution < -0.4 is 4.74 Å². The molecule has 0 aliphatic rings. The number of phenols is 3. The standard InChI is InChI=1S/C35H44O5/c1-3-4-6-9-26(2)10-7-5-8-11-30(36)17-12-27-13-21-34(39)35(24-27)40-23-22-29-16-20-32(38)25-33(29)28-14-18-31(37)19-15-28/h8,11,13-16,18-21,24-26,37-39H,3-7,9-10,12,17,22-23H2,1-2H3/t26-/m0/s1. The van der Waals surface area contributed by atoms with Crippen LogP contribution in [0.3, 0.4) is 0 Å². The Morgan fingerprint density at radius 2 is 1.62 bits per heavy atom. The Morgan fingerprint density at radius 3 is 2.40 bits per heavy atom. The van der Waals surface area contributed by atoms with Crippen molar-refractivity contribution >= 4 is 5.78 Å². The fourth-order valence-corrected chi connectivity index (χ4v) is 4.83. The van der Waals surface area contributed by atoms with E-state index in [1.807, 2.05) is 18.2 Å². The largest absolute Gasteiger partial charge is 0.508 e. The first-order valence-corrected chi connectivity index (χ1v) is 14.6. The fourth-order valence-electron chi connectivity index (χ4n) is 4.83. The van der Waals surface area contributed by atoms with Crippen LogP contribution >= 0.6 is 0 Å². The molecule has 0 aliphatic carbocycles. The molecule has 3 aromatic carbocycles. The maximum Gasteiger partial charge on any atom is 0.161 e. The van der Waals surface area contributed by atoms with E-state index in [-0.39, 0.29) is 23.0 Å². The second-order valence-electron chi connectivity index (χ2n) is 10.7. The lowest BCUT2D eigenvalue weighted by atomic mass is 9.97. The van der Waals surface area contributed by atoms with Gasteiger partial charge in [0.1, 0.15) is 11.5 Å². The summed E-state index contributed by atoms with van der Waals surface area (Å²) < 4.78 is 5.92. The summed E-state index contributed by atoms with van der Waals surface area (Å²) in [5.41, 5.74) is 3.64. The van der Waals surface area contributed by atoms with E-state index in [1.165, 1.54) is 32.1 Å². The van der Waals surface area contributed by atoms with Gasteiger partial charge >= 0.3 is 0 Å². The first-order valence-electron chi connectivity index (χ1n) is 14.6. The Labute approximate surface area is 239 Å². The Balaban J connectivity index is 1.46. The van der Waals surface area contributed by atoms with E-state index in [0.717, 1.165) is 41.0 Å². The number of phenolic OH excluding ortho intramolecular Hbond substituents is 3. The van der Waals surface area contributed by atoms with Gasteiger partial charge in [-0.15, -0.1) is 0 Å². The highest BCUT2D eigenvalue weighted by Gasteiger charge is 2.10. The molecule has 0 aromatic heterocycles. The minimum absolute atomic E-state index is 0.0587. The van der Waals surface area contributed by atoms with E-state index in [4.69, 9.17) is 4.74 Å². The van der Waals surface area contributed by atoms with E-state index >= 15 is 0 Å². The number of hydrogen-bond donors (Lipinski definition) is 3. The van der Waals surface area contributed by atoms with Gasteiger partial charge in [-0.05, 0) is 89.9 Å². The first-order chi connectivity index (χ1) is 19.4. The molecule has 0 saturated carbocycles. The summed E-state index contributed by atoms with van der Waals surface area (Å²) in [6, 6.07) is 17.2. The van der Waals surface area contributed by atoms with Crippen molar-refractivity contribution in [2.24, 2.45) is 5.92 Å². The predicted molar refractivity (Wildman–Crippen MR) is 162 cm³/mol. The van der Waals surface area contributed by atoms with Crippen LogP contribution in [0.4, 0.5) is 0 Å². The average molecular weight is 545 g/mol. The van der Waals surface area contributed by atoms with Crippen molar-refractivity contribution in [3.05, 3.63) is 83.9 Å². The maximum atomic E-state index is 12.4. The predicted octanol–water partition coefficient (Wildman–Crippen LogP) is 8.54. The van der Waals surface area contributed by atoms with Crippen molar-refractivity contribution in [1.29, 1.82) is 0 Å². The van der Waals surface area contributed by atoms with Crippen LogP contribution in [-0.4, -0.2) is 27.7 Å². The lowest BCUT2D eigenvalue weighted by molar-refractivity contribution is -0.114. The topological polar surface area (TPSA) is 87.0 Å². The number of ether oxygens (including phenoxy) is 1. The molecule has 0 bridgehead atoms. The van der Waals surface area contributed by atoms with E-state index in [2.05, 4.69) is 13.8 Å². The lowest BCUT2D eigenvalue weighted by Crippen LogP contribution is -2.04. The number of aryl methyl sites for hydroxylation is 1. The van der Waals surface area contributed by atoms with Crippen molar-refractivity contribution < 1.29 is 24.9 Å². The zero-order valence-electron chi connectivity index (χ0n) is 23.9. The van der Waals surface area contributed by atoms with Gasteiger partial charge in [0.05, 0.1) is 6.61 Å². The number of aromatic hydroxyl groups is 3. The highest BCUT2D eigenvalue weighted by atomic mass is 16.5. The molecule has 0 aliphatic heterocycles. The molecular formula is C35H44O5. The quantitative estimate of drug-likeness (QED) is 0.117. The molecule has 5 nitrogen and oxygen atoms in total. The molecule has 0 fully saturated rings. The van der Waals surface area contributed by atoms with Crippen molar-refractivity contribution in [1.82, 2.24) is 0 Å². The highest BCUT2D eigenvalue weighted by molar-refractivity contribution is 5.89. The Kier molecular flexibility index (Phi) is 12.6. The molecule has 0 heterocycles. The molecule has 3 rings (SSSR count). The molecule has 1 atom stereocenters. The van der Waals surface area contributed by atoms with E-state index in [1.54, 1.807) is 54.6 Å². The summed E-state index contributed by atoms with van der Waals surface area (Å²) in [5, 5.41) is 29.9. The van der Waals surface area contributed by atoms with Gasteiger partial charge in [-0.1, -0.05) is 76.3 Å². The molecule has 40 heavy (non-hydrogen) atoms. The molecule has 0 saturated heterocycles. The summed E-state index contributed by atoms with van der Waals surface area (Å²) in [6.45, 7) is 4.88. The van der Waals surface area contributed by atoms with Crippen molar-refractivity contribution in [3.8, 4) is 34.1 Å². The normalized spacial score (nSPS) is 12.1. The number of unbranched alkanes of at least 4 members (excludes halogenated alkanes) is 3. The van der Waals surface area contributed by atoms with Crippen molar-refractivity contribution in [3.63, 3.8) is 0 Å². The fraction of sp³-hybridized carbons (Fsp3) is 0.400. The van der Waals surface area contributed by atoms with Crippen LogP contribution in [0.25, 0.3) is 11.1 Å². The van der Waals surface area contributed by atoms with Crippen LogP contribution in [-0.2, 0) is 17.6 Å². The van der Waals surface area contributed by atoms with Crippen LogP contribution in [0.15, 0.2) is 72.8 Å². The Bertz CT molecular complexity index is 1230. The maximum absolute atomic E-state index is 12.4. The summed E-state index contributed by atoms with van der Waals surface area (Å²) in [5.74, 6) is 1.65. The van der Waals surface area contributed by atoms with Crippen molar-refractivity contribution in [2.75, 3.05) is 6.61 Å². The van der Waals surface area contributed by atoms with Crippen LogP contribution in [0, 0.1) is 5.92 Å². The van der Waals surface area contributed by atoms with Gasteiger partial charge < -0.3 is 20.1 Å². The minimum Gasteiger partial charge on any atom is -0.508 e. The van der Waals surface area contributed by atoms with Crippen LogP contribution in [0.2, 0.25) is 0 Å². The van der Waals surface area contributed by atoms with Gasteiger partial charge in [0.25, 0.3) is 0 Å². The second-order valence-corrected chi connectivity index (χ2v) is 10.7. The van der Waals surface area contributed by atoms with Gasteiger partial charge in [-0.25, -0.2) is 0 Å². The Hall–Kier alpha value is -3.73. The first kappa shape index (κ1) is 30.8. The van der Waals surface area contributed by atoms with Crippen LogP contribution in [0.5, 0.6) is 23.0 Å². The molecule has 5 heteroatoms. The number of carbonyl (C=O) groups is 1. The average Bonchev–Trinajstić information content (AvgIpc) is 2.94. The third-order valence-corrected chi connectivity index (χ3v) is 7.26. The molecule has 0 amide bonds. The zero-order chi connectivity index (χ0) is 28.7. The monoisotopic (exact) mass is 544 g/mol. The van der Waals surface area contributed by atoms with Gasteiger partial charge in [0.2, 0.25) is 0 Å². The van der Waals surface area contributed by atoms with E-state index in [9.17, 15) is 20.1 Å². The molecule has 0 radical (unpaired) electrons. The number of ketones is 1. The van der Waals surface area contributed by atoms with Gasteiger partial charge in [-0.2, -0.15) is 0 Å². The summed E-state index contributed by atoms with van der Waals surface area (Å²) in [4.78, 5) is 12.4. The highest BCUT2D eigenvalue weighted by Crippen LogP contribution is 2.31. The van der Waals surface area contributed by atoms with Crippen molar-refractivity contribution in [2.45, 2.75) is 78.1 Å². The summed E-state index contributed by atoms with van der Waals surface area (Å²) in [6.07, 6.45) is 13.7. The minimum atomic E-state index is 0.0587. The van der Waals surface area contributed by atoms with Crippen LogP contribution in [0.1, 0.15) is 76.3 Å². The zero-order valence-corrected chi connectivity index (χ0v) is 23.9. The third kappa shape index (κ3) is 10.4.